The Hall–Kier alpha value is -2.72. The molecule has 0 amide bonds. The average molecular weight is 393 g/mol. The molecule has 3 rings (SSSR count). The fourth-order valence-corrected chi connectivity index (χ4v) is 4.36. The van der Waals surface area contributed by atoms with Gasteiger partial charge in [0.15, 0.2) is 6.20 Å². The lowest BCUT2D eigenvalue weighted by molar-refractivity contribution is -0.611. The Morgan fingerprint density at radius 2 is 1.93 bits per heavy atom. The summed E-state index contributed by atoms with van der Waals surface area (Å²) in [6.07, 6.45) is 2.69. The number of nitro groups is 1. The number of hydrogen-bond donors (Lipinski definition) is 0. The molecule has 0 aliphatic carbocycles. The second kappa shape index (κ2) is 7.49. The maximum atomic E-state index is 12.8. The first-order valence-electron chi connectivity index (χ1n) is 8.43. The van der Waals surface area contributed by atoms with E-state index in [2.05, 4.69) is 6.92 Å². The van der Waals surface area contributed by atoms with E-state index in [1.54, 1.807) is 6.07 Å². The number of piperidine rings is 1. The number of aromatic nitrogens is 1. The van der Waals surface area contributed by atoms with Gasteiger partial charge >= 0.3 is 11.6 Å². The Labute approximate surface area is 156 Å². The zero-order chi connectivity index (χ0) is 19.6. The molecule has 0 radical (unpaired) electrons. The molecule has 9 nitrogen and oxygen atoms in total. The maximum Gasteiger partial charge on any atom is 0.385 e. The molecule has 1 aliphatic rings. The molecule has 0 bridgehead atoms. The van der Waals surface area contributed by atoms with Crippen LogP contribution in [0.1, 0.15) is 19.8 Å². The minimum atomic E-state index is -3.83. The van der Waals surface area contributed by atoms with Gasteiger partial charge in [-0.3, -0.25) is 10.1 Å². The zero-order valence-electron chi connectivity index (χ0n) is 14.6. The third-order valence-electron chi connectivity index (χ3n) is 4.51. The van der Waals surface area contributed by atoms with Crippen LogP contribution in [0, 0.1) is 21.2 Å². The molecule has 2 aromatic rings. The van der Waals surface area contributed by atoms with Gasteiger partial charge in [0.05, 0.1) is 15.9 Å². The molecule has 0 unspecified atom stereocenters. The number of ether oxygens (including phenoxy) is 1. The Balaban J connectivity index is 1.94. The van der Waals surface area contributed by atoms with Crippen LogP contribution in [-0.2, 0) is 10.0 Å². The third-order valence-corrected chi connectivity index (χ3v) is 6.41. The van der Waals surface area contributed by atoms with Crippen LogP contribution < -0.4 is 9.47 Å². The van der Waals surface area contributed by atoms with Crippen LogP contribution in [0.15, 0.2) is 47.5 Å². The van der Waals surface area contributed by atoms with Crippen molar-refractivity contribution in [2.45, 2.75) is 24.7 Å². The second-order valence-corrected chi connectivity index (χ2v) is 8.38. The molecule has 1 fully saturated rings. The number of hydrogen-bond acceptors (Lipinski definition) is 6. The summed E-state index contributed by atoms with van der Waals surface area (Å²) in [5, 5.41) is 23.1. The van der Waals surface area contributed by atoms with Gasteiger partial charge in [0.1, 0.15) is 0 Å². The molecule has 0 spiro atoms. The van der Waals surface area contributed by atoms with Crippen molar-refractivity contribution in [1.29, 1.82) is 0 Å². The molecule has 0 N–H and O–H groups in total. The van der Waals surface area contributed by atoms with Crippen molar-refractivity contribution >= 4 is 15.7 Å². The summed E-state index contributed by atoms with van der Waals surface area (Å²) in [5.74, 6) is 0.0921. The SMILES string of the molecule is CC1CCN(S(=O)(=O)c2ccc(Oc3cccc[n+]3[O-])c([N+](=O)[O-])c2)CC1. The number of benzene rings is 1. The van der Waals surface area contributed by atoms with Crippen molar-refractivity contribution in [3.05, 3.63) is 57.9 Å². The topological polar surface area (TPSA) is 117 Å². The number of nitrogens with zero attached hydrogens (tertiary/aromatic N) is 3. The second-order valence-electron chi connectivity index (χ2n) is 6.44. The largest absolute Gasteiger partial charge is 0.616 e. The van der Waals surface area contributed by atoms with Gasteiger partial charge in [-0.2, -0.15) is 4.31 Å². The summed E-state index contributed by atoms with van der Waals surface area (Å²) in [6.45, 7) is 2.83. The molecule has 10 heteroatoms. The normalized spacial score (nSPS) is 16.2. The molecule has 27 heavy (non-hydrogen) atoms. The summed E-state index contributed by atoms with van der Waals surface area (Å²) < 4.78 is 32.7. The van der Waals surface area contributed by atoms with Crippen LogP contribution in [0.4, 0.5) is 5.69 Å². The molecule has 1 aliphatic heterocycles. The highest BCUT2D eigenvalue weighted by atomic mass is 32.2. The zero-order valence-corrected chi connectivity index (χ0v) is 15.5. The summed E-state index contributed by atoms with van der Waals surface area (Å²) >= 11 is 0. The van der Waals surface area contributed by atoms with E-state index in [0.717, 1.165) is 18.9 Å². The average Bonchev–Trinajstić information content (AvgIpc) is 2.64. The van der Waals surface area contributed by atoms with Crippen LogP contribution in [0.5, 0.6) is 11.6 Å². The molecule has 144 valence electrons. The fraction of sp³-hybridized carbons (Fsp3) is 0.353. The van der Waals surface area contributed by atoms with Crippen LogP contribution in [0.2, 0.25) is 0 Å². The van der Waals surface area contributed by atoms with E-state index in [1.165, 1.54) is 34.8 Å². The summed E-state index contributed by atoms with van der Waals surface area (Å²) in [6, 6.07) is 7.82. The van der Waals surface area contributed by atoms with Crippen LogP contribution >= 0.6 is 0 Å². The molecule has 1 aromatic carbocycles. The molecule has 2 heterocycles. The first-order valence-corrected chi connectivity index (χ1v) is 9.87. The van der Waals surface area contributed by atoms with Gasteiger partial charge in [0.2, 0.25) is 15.8 Å². The number of nitro benzene ring substituents is 1. The Morgan fingerprint density at radius 1 is 1.22 bits per heavy atom. The lowest BCUT2D eigenvalue weighted by Crippen LogP contribution is -2.37. The van der Waals surface area contributed by atoms with E-state index in [4.69, 9.17) is 4.74 Å². The van der Waals surface area contributed by atoms with Crippen LogP contribution in [-0.4, -0.2) is 30.7 Å². The van der Waals surface area contributed by atoms with Crippen molar-refractivity contribution in [2.24, 2.45) is 5.92 Å². The first-order chi connectivity index (χ1) is 12.8. The van der Waals surface area contributed by atoms with Gasteiger partial charge in [-0.05, 0) is 37.0 Å². The highest BCUT2D eigenvalue weighted by Crippen LogP contribution is 2.34. The number of pyridine rings is 1. The van der Waals surface area contributed by atoms with Gasteiger partial charge in [0.25, 0.3) is 0 Å². The molecule has 0 atom stereocenters. The Kier molecular flexibility index (Phi) is 5.29. The van der Waals surface area contributed by atoms with Gasteiger partial charge in [-0.15, -0.1) is 4.73 Å². The van der Waals surface area contributed by atoms with E-state index in [-0.39, 0.29) is 16.5 Å². The Morgan fingerprint density at radius 3 is 2.56 bits per heavy atom. The van der Waals surface area contributed by atoms with E-state index < -0.39 is 20.6 Å². The van der Waals surface area contributed by atoms with E-state index in [9.17, 15) is 23.7 Å². The molecular formula is C17H19N3O6S. The van der Waals surface area contributed by atoms with E-state index >= 15 is 0 Å². The smallest absolute Gasteiger partial charge is 0.385 e. The van der Waals surface area contributed by atoms with E-state index in [0.29, 0.717) is 23.7 Å². The quantitative estimate of drug-likeness (QED) is 0.333. The standard InChI is InChI=1S/C17H19N3O6S/c1-13-7-10-18(11-8-13)27(24,25)14-5-6-16(15(12-14)20(22)23)26-17-4-2-3-9-19(17)21/h2-6,9,12-13H,7-8,10-11H2,1H3. The predicted molar refractivity (Wildman–Crippen MR) is 95.7 cm³/mol. The lowest BCUT2D eigenvalue weighted by Gasteiger charge is -2.29. The van der Waals surface area contributed by atoms with Crippen molar-refractivity contribution in [1.82, 2.24) is 4.31 Å². The van der Waals surface area contributed by atoms with Crippen molar-refractivity contribution in [3.8, 4) is 11.6 Å². The fourth-order valence-electron chi connectivity index (χ4n) is 2.87. The molecule has 1 aromatic heterocycles. The maximum absolute atomic E-state index is 12.8. The van der Waals surface area contributed by atoms with Gasteiger partial charge in [0, 0.05) is 25.2 Å². The van der Waals surface area contributed by atoms with Gasteiger partial charge in [-0.25, -0.2) is 8.42 Å². The highest BCUT2D eigenvalue weighted by molar-refractivity contribution is 7.89. The predicted octanol–water partition coefficient (Wildman–Crippen LogP) is 2.44. The first kappa shape index (κ1) is 19.1. The lowest BCUT2D eigenvalue weighted by atomic mass is 10.0. The monoisotopic (exact) mass is 393 g/mol. The highest BCUT2D eigenvalue weighted by Gasteiger charge is 2.30. The number of rotatable bonds is 5. The van der Waals surface area contributed by atoms with Crippen molar-refractivity contribution in [2.75, 3.05) is 13.1 Å². The minimum absolute atomic E-state index is 0.152. The van der Waals surface area contributed by atoms with Gasteiger partial charge < -0.3 is 9.94 Å². The Bertz CT molecular complexity index is 955. The van der Waals surface area contributed by atoms with Crippen LogP contribution in [0.3, 0.4) is 0 Å². The van der Waals surface area contributed by atoms with Gasteiger partial charge in [-0.1, -0.05) is 6.92 Å². The molecule has 0 saturated carbocycles. The van der Waals surface area contributed by atoms with Crippen molar-refractivity contribution < 1.29 is 22.8 Å². The molecular weight excluding hydrogens is 374 g/mol. The third kappa shape index (κ3) is 4.01. The molecule has 1 saturated heterocycles. The van der Waals surface area contributed by atoms with Crippen LogP contribution in [0.25, 0.3) is 0 Å². The summed E-state index contributed by atoms with van der Waals surface area (Å²) in [5.41, 5.74) is -0.523. The van der Waals surface area contributed by atoms with E-state index in [1.807, 2.05) is 0 Å². The summed E-state index contributed by atoms with van der Waals surface area (Å²) in [7, 11) is -3.83. The van der Waals surface area contributed by atoms with Crippen molar-refractivity contribution in [3.63, 3.8) is 0 Å². The number of sulfonamides is 1. The summed E-state index contributed by atoms with van der Waals surface area (Å²) in [4.78, 5) is 10.5. The minimum Gasteiger partial charge on any atom is -0.616 e.